The summed E-state index contributed by atoms with van der Waals surface area (Å²) in [6, 6.07) is 9.75. The first-order chi connectivity index (χ1) is 8.13. The predicted octanol–water partition coefficient (Wildman–Crippen LogP) is 3.21. The van der Waals surface area contributed by atoms with Gasteiger partial charge in [0.15, 0.2) is 0 Å². The molecule has 0 amide bonds. The van der Waals surface area contributed by atoms with Crippen molar-refractivity contribution in [1.29, 1.82) is 5.26 Å². The average Bonchev–Trinajstić information content (AvgIpc) is 2.64. The molecule has 0 spiro atoms. The summed E-state index contributed by atoms with van der Waals surface area (Å²) in [5.74, 6) is 0. The zero-order chi connectivity index (χ0) is 12.4. The Morgan fingerprint density at radius 1 is 1.41 bits per heavy atom. The number of nitrogens with zero attached hydrogens (tertiary/aromatic N) is 3. The van der Waals surface area contributed by atoms with Crippen LogP contribution in [0.15, 0.2) is 24.3 Å². The van der Waals surface area contributed by atoms with Gasteiger partial charge >= 0.3 is 0 Å². The summed E-state index contributed by atoms with van der Waals surface area (Å²) < 4.78 is 1.83. The largest absolute Gasteiger partial charge is 0.237 e. The first-order valence-corrected chi connectivity index (χ1v) is 5.69. The minimum absolute atomic E-state index is 0.327. The molecule has 86 valence electrons. The molecule has 1 aromatic carbocycles. The van der Waals surface area contributed by atoms with Crippen molar-refractivity contribution in [2.45, 2.75) is 20.3 Å². The quantitative estimate of drug-likeness (QED) is 0.815. The molecule has 0 bridgehead atoms. The maximum atomic E-state index is 8.67. The maximum absolute atomic E-state index is 8.67. The first kappa shape index (κ1) is 11.7. The predicted molar refractivity (Wildman–Crippen MR) is 67.4 cm³/mol. The molecule has 4 heteroatoms. The van der Waals surface area contributed by atoms with Crippen LogP contribution in [0.4, 0.5) is 0 Å². The molecule has 0 saturated carbocycles. The molecule has 0 unspecified atom stereocenters. The third-order valence-corrected chi connectivity index (χ3v) is 3.07. The number of aromatic nitrogens is 2. The Hall–Kier alpha value is -1.79. The summed E-state index contributed by atoms with van der Waals surface area (Å²) in [5, 5.41) is 13.8. The molecule has 0 aliphatic carbocycles. The molecule has 1 heterocycles. The molecule has 0 aliphatic rings. The van der Waals surface area contributed by atoms with Gasteiger partial charge in [0.2, 0.25) is 0 Å². The van der Waals surface area contributed by atoms with Gasteiger partial charge in [-0.15, -0.1) is 0 Å². The fourth-order valence-corrected chi connectivity index (χ4v) is 1.94. The molecule has 3 nitrogen and oxygen atoms in total. The smallest absolute Gasteiger partial charge is 0.0793 e. The summed E-state index contributed by atoms with van der Waals surface area (Å²) in [6.45, 7) is 3.93. The molecular formula is C13H12ClN3. The molecular weight excluding hydrogens is 234 g/mol. The van der Waals surface area contributed by atoms with Crippen LogP contribution in [-0.2, 0) is 6.42 Å². The van der Waals surface area contributed by atoms with Gasteiger partial charge in [-0.25, -0.2) is 4.68 Å². The van der Waals surface area contributed by atoms with Gasteiger partial charge in [0.1, 0.15) is 0 Å². The molecule has 0 radical (unpaired) electrons. The van der Waals surface area contributed by atoms with E-state index in [4.69, 9.17) is 16.9 Å². The average molecular weight is 246 g/mol. The van der Waals surface area contributed by atoms with E-state index in [0.717, 1.165) is 27.7 Å². The SMILES string of the molecule is Cc1c(Cl)cccc1-n1nc(CC#N)cc1C. The summed E-state index contributed by atoms with van der Waals surface area (Å²) in [4.78, 5) is 0. The normalized spacial score (nSPS) is 10.2. The minimum Gasteiger partial charge on any atom is -0.237 e. The molecule has 2 rings (SSSR count). The van der Waals surface area contributed by atoms with E-state index in [-0.39, 0.29) is 0 Å². The van der Waals surface area contributed by atoms with Gasteiger partial charge in [-0.1, -0.05) is 17.7 Å². The van der Waals surface area contributed by atoms with Crippen LogP contribution >= 0.6 is 11.6 Å². The number of hydrogen-bond acceptors (Lipinski definition) is 2. The first-order valence-electron chi connectivity index (χ1n) is 5.31. The lowest BCUT2D eigenvalue weighted by atomic mass is 10.2. The molecule has 17 heavy (non-hydrogen) atoms. The topological polar surface area (TPSA) is 41.6 Å². The van der Waals surface area contributed by atoms with Gasteiger partial charge in [-0.2, -0.15) is 10.4 Å². The van der Waals surface area contributed by atoms with Gasteiger partial charge in [-0.3, -0.25) is 0 Å². The van der Waals surface area contributed by atoms with E-state index in [2.05, 4.69) is 11.2 Å². The van der Waals surface area contributed by atoms with Crippen molar-refractivity contribution in [3.63, 3.8) is 0 Å². The fraction of sp³-hybridized carbons (Fsp3) is 0.231. The second-order valence-corrected chi connectivity index (χ2v) is 4.31. The van der Waals surface area contributed by atoms with E-state index in [0.29, 0.717) is 6.42 Å². The Balaban J connectivity index is 2.53. The second kappa shape index (κ2) is 4.60. The van der Waals surface area contributed by atoms with Gasteiger partial charge in [-0.05, 0) is 37.6 Å². The van der Waals surface area contributed by atoms with E-state index in [1.807, 2.05) is 42.8 Å². The van der Waals surface area contributed by atoms with Crippen LogP contribution < -0.4 is 0 Å². The van der Waals surface area contributed by atoms with Crippen LogP contribution in [0.5, 0.6) is 0 Å². The van der Waals surface area contributed by atoms with Crippen molar-refractivity contribution in [1.82, 2.24) is 9.78 Å². The van der Waals surface area contributed by atoms with E-state index >= 15 is 0 Å². The van der Waals surface area contributed by atoms with Crippen LogP contribution in [0.3, 0.4) is 0 Å². The Morgan fingerprint density at radius 3 is 2.88 bits per heavy atom. The van der Waals surface area contributed by atoms with Crippen molar-refractivity contribution >= 4 is 11.6 Å². The highest BCUT2D eigenvalue weighted by Gasteiger charge is 2.09. The molecule has 0 saturated heterocycles. The number of aryl methyl sites for hydroxylation is 1. The highest BCUT2D eigenvalue weighted by atomic mass is 35.5. The van der Waals surface area contributed by atoms with Crippen molar-refractivity contribution < 1.29 is 0 Å². The number of benzene rings is 1. The van der Waals surface area contributed by atoms with Gasteiger partial charge in [0.25, 0.3) is 0 Å². The number of nitriles is 1. The van der Waals surface area contributed by atoms with Gasteiger partial charge in [0, 0.05) is 10.7 Å². The summed E-state index contributed by atoms with van der Waals surface area (Å²) in [7, 11) is 0. The third kappa shape index (κ3) is 2.17. The summed E-state index contributed by atoms with van der Waals surface area (Å²) in [5.41, 5.74) is 3.73. The highest BCUT2D eigenvalue weighted by molar-refractivity contribution is 6.31. The minimum atomic E-state index is 0.327. The van der Waals surface area contributed by atoms with Crippen molar-refractivity contribution in [3.05, 3.63) is 46.2 Å². The Labute approximate surface area is 105 Å². The van der Waals surface area contributed by atoms with E-state index in [1.165, 1.54) is 0 Å². The number of rotatable bonds is 2. The third-order valence-electron chi connectivity index (χ3n) is 2.67. The zero-order valence-electron chi connectivity index (χ0n) is 9.74. The van der Waals surface area contributed by atoms with Gasteiger partial charge in [0.05, 0.1) is 23.9 Å². The summed E-state index contributed by atoms with van der Waals surface area (Å²) in [6.07, 6.45) is 0.327. The van der Waals surface area contributed by atoms with E-state index < -0.39 is 0 Å². The fourth-order valence-electron chi connectivity index (χ4n) is 1.78. The molecule has 0 atom stereocenters. The standard InChI is InChI=1S/C13H12ClN3/c1-9-8-11(6-7-15)16-17(9)13-5-3-4-12(14)10(13)2/h3-5,8H,6H2,1-2H3. The Kier molecular flexibility index (Phi) is 3.16. The van der Waals surface area contributed by atoms with Crippen LogP contribution in [0.1, 0.15) is 17.0 Å². The van der Waals surface area contributed by atoms with Crippen molar-refractivity contribution in [3.8, 4) is 11.8 Å². The molecule has 0 aliphatic heterocycles. The van der Waals surface area contributed by atoms with E-state index in [9.17, 15) is 0 Å². The van der Waals surface area contributed by atoms with Crippen molar-refractivity contribution in [2.75, 3.05) is 0 Å². The van der Waals surface area contributed by atoms with Crippen LogP contribution in [0.2, 0.25) is 5.02 Å². The lowest BCUT2D eigenvalue weighted by Crippen LogP contribution is -2.02. The van der Waals surface area contributed by atoms with Crippen molar-refractivity contribution in [2.24, 2.45) is 0 Å². The highest BCUT2D eigenvalue weighted by Crippen LogP contribution is 2.23. The molecule has 0 N–H and O–H groups in total. The Morgan fingerprint density at radius 2 is 2.18 bits per heavy atom. The number of halogens is 1. The molecule has 0 fully saturated rings. The molecule has 2 aromatic rings. The molecule has 1 aromatic heterocycles. The summed E-state index contributed by atoms with van der Waals surface area (Å²) >= 11 is 6.09. The maximum Gasteiger partial charge on any atom is 0.0793 e. The second-order valence-electron chi connectivity index (χ2n) is 3.91. The monoisotopic (exact) mass is 245 g/mol. The van der Waals surface area contributed by atoms with Crippen LogP contribution in [0, 0.1) is 25.2 Å². The van der Waals surface area contributed by atoms with E-state index in [1.54, 1.807) is 0 Å². The zero-order valence-corrected chi connectivity index (χ0v) is 10.5. The lowest BCUT2D eigenvalue weighted by Gasteiger charge is -2.09. The lowest BCUT2D eigenvalue weighted by molar-refractivity contribution is 0.821. The van der Waals surface area contributed by atoms with Crippen LogP contribution in [-0.4, -0.2) is 9.78 Å². The van der Waals surface area contributed by atoms with Gasteiger partial charge < -0.3 is 0 Å². The van der Waals surface area contributed by atoms with Crippen LogP contribution in [0.25, 0.3) is 5.69 Å². The number of hydrogen-bond donors (Lipinski definition) is 0. The Bertz CT molecular complexity index is 593.